The van der Waals surface area contributed by atoms with E-state index in [1.807, 2.05) is 0 Å². The Morgan fingerprint density at radius 3 is 1.42 bits per heavy atom. The molecule has 0 spiro atoms. The molecular formula is C4H15F3NO3S-. The van der Waals surface area contributed by atoms with Gasteiger partial charge in [0.1, 0.15) is 0 Å². The minimum atomic E-state index is -2.86. The van der Waals surface area contributed by atoms with Gasteiger partial charge in [0.05, 0.1) is 11.4 Å². The van der Waals surface area contributed by atoms with Gasteiger partial charge >= 0.3 is 0 Å². The van der Waals surface area contributed by atoms with Crippen molar-refractivity contribution in [2.45, 2.75) is 13.8 Å². The fourth-order valence-electron chi connectivity index (χ4n) is 0.250. The number of halogens is 3. The Morgan fingerprint density at radius 2 is 1.42 bits per heavy atom. The van der Waals surface area contributed by atoms with E-state index in [1.165, 1.54) is 0 Å². The molecule has 0 fully saturated rings. The van der Waals surface area contributed by atoms with Crippen LogP contribution in [0.5, 0.6) is 0 Å². The first kappa shape index (κ1) is 29.8. The van der Waals surface area contributed by atoms with Crippen LogP contribution in [-0.4, -0.2) is 26.4 Å². The molecule has 1 atom stereocenters. The quantitative estimate of drug-likeness (QED) is 0.653. The minimum Gasteiger partial charge on any atom is -0.750 e. The zero-order chi connectivity index (χ0) is 7.70. The Morgan fingerprint density at radius 1 is 1.25 bits per heavy atom. The van der Waals surface area contributed by atoms with Crippen LogP contribution in [-0.2, 0) is 11.4 Å². The molecule has 82 valence electrons. The molecule has 0 amide bonds. The van der Waals surface area contributed by atoms with Gasteiger partial charge in [-0.1, -0.05) is 13.8 Å². The highest BCUT2D eigenvalue weighted by Crippen LogP contribution is 1.47. The van der Waals surface area contributed by atoms with E-state index in [0.717, 1.165) is 13.1 Å². The van der Waals surface area contributed by atoms with Gasteiger partial charge in [-0.05, 0) is 13.1 Å². The van der Waals surface area contributed by atoms with Crippen molar-refractivity contribution < 1.29 is 27.4 Å². The third-order valence-corrected chi connectivity index (χ3v) is 0.500. The van der Waals surface area contributed by atoms with Gasteiger partial charge in [0, 0.05) is 0 Å². The van der Waals surface area contributed by atoms with Crippen molar-refractivity contribution in [3.05, 3.63) is 0 Å². The van der Waals surface area contributed by atoms with Crippen LogP contribution in [0.3, 0.4) is 0 Å². The molecule has 0 saturated carbocycles. The molecule has 0 aliphatic carbocycles. The summed E-state index contributed by atoms with van der Waals surface area (Å²) in [7, 11) is 0. The summed E-state index contributed by atoms with van der Waals surface area (Å²) in [5.74, 6) is 0. The lowest BCUT2D eigenvalue weighted by Gasteiger charge is -1.86. The molecule has 0 aromatic carbocycles. The molecule has 8 heteroatoms. The highest BCUT2D eigenvalue weighted by molar-refractivity contribution is 7.73. The Kier molecular flexibility index (Phi) is 76.4. The molecular weight excluding hydrogens is 199 g/mol. The van der Waals surface area contributed by atoms with Crippen LogP contribution in [0.15, 0.2) is 0 Å². The van der Waals surface area contributed by atoms with Crippen molar-refractivity contribution in [2.75, 3.05) is 13.1 Å². The molecule has 0 aliphatic heterocycles. The van der Waals surface area contributed by atoms with E-state index in [2.05, 4.69) is 19.2 Å². The normalized spacial score (nSPS) is 8.67. The largest absolute Gasteiger partial charge is 0.750 e. The lowest BCUT2D eigenvalue weighted by molar-refractivity contribution is 0.436. The maximum absolute atomic E-state index is 8.56. The Labute approximate surface area is 72.0 Å². The van der Waals surface area contributed by atoms with Crippen LogP contribution >= 0.6 is 0 Å². The van der Waals surface area contributed by atoms with Gasteiger partial charge in [0.25, 0.3) is 0 Å². The van der Waals surface area contributed by atoms with Crippen LogP contribution in [0, 0.1) is 0 Å². The summed E-state index contributed by atoms with van der Waals surface area (Å²) in [6.45, 7) is 6.39. The predicted molar refractivity (Wildman–Crippen MR) is 43.3 cm³/mol. The summed E-state index contributed by atoms with van der Waals surface area (Å²) in [5.41, 5.74) is 0. The molecule has 0 radical (unpaired) electrons. The molecule has 4 nitrogen and oxygen atoms in total. The fraction of sp³-hybridized carbons (Fsp3) is 1.00. The SMILES string of the molecule is CCNCC.F.F.F.O=S([O-])O. The van der Waals surface area contributed by atoms with Crippen LogP contribution in [0.4, 0.5) is 14.1 Å². The predicted octanol–water partition coefficient (Wildman–Crippen LogP) is 0.412. The second kappa shape index (κ2) is 30.8. The zero-order valence-electron chi connectivity index (χ0n) is 6.81. The van der Waals surface area contributed by atoms with Crippen LogP contribution < -0.4 is 5.32 Å². The summed E-state index contributed by atoms with van der Waals surface area (Å²) in [6, 6.07) is 0. The standard InChI is InChI=1S/C4H11N.3FH.H2O3S/c1-3-5-4-2;;;;1-4(2)3/h5H,3-4H2,1-2H3;3*1H;(H2,1,2,3)/p-1. The van der Waals surface area contributed by atoms with Gasteiger partial charge in [-0.3, -0.25) is 14.1 Å². The van der Waals surface area contributed by atoms with Crippen molar-refractivity contribution in [3.63, 3.8) is 0 Å². The van der Waals surface area contributed by atoms with Crippen LogP contribution in [0.2, 0.25) is 0 Å². The Balaban J connectivity index is -0.0000000221. The smallest absolute Gasteiger partial charge is 0.0814 e. The third kappa shape index (κ3) is 231. The zero-order valence-corrected chi connectivity index (χ0v) is 7.63. The topological polar surface area (TPSA) is 72.4 Å². The van der Waals surface area contributed by atoms with E-state index >= 15 is 0 Å². The molecule has 1 unspecified atom stereocenters. The van der Waals surface area contributed by atoms with Gasteiger partial charge in [0.2, 0.25) is 0 Å². The summed E-state index contributed by atoms with van der Waals surface area (Å²) in [5, 5.41) is 3.11. The molecule has 0 aromatic rings. The average Bonchev–Trinajstić information content (AvgIpc) is 1.66. The number of hydrogen-bond acceptors (Lipinski definition) is 3. The van der Waals surface area contributed by atoms with E-state index in [4.69, 9.17) is 13.3 Å². The summed E-state index contributed by atoms with van der Waals surface area (Å²) in [6.07, 6.45) is 0. The average molecular weight is 214 g/mol. The van der Waals surface area contributed by atoms with Crippen LogP contribution in [0.1, 0.15) is 13.8 Å². The first-order chi connectivity index (χ1) is 4.15. The second-order valence-corrected chi connectivity index (χ2v) is 1.61. The molecule has 0 rings (SSSR count). The van der Waals surface area contributed by atoms with Gasteiger partial charge in [-0.15, -0.1) is 0 Å². The molecule has 2 N–H and O–H groups in total. The Hall–Kier alpha value is -0.180. The van der Waals surface area contributed by atoms with Crippen molar-refractivity contribution in [1.29, 1.82) is 0 Å². The van der Waals surface area contributed by atoms with Crippen molar-refractivity contribution >= 4 is 11.4 Å². The minimum absolute atomic E-state index is 0. The second-order valence-electron chi connectivity index (χ2n) is 1.17. The van der Waals surface area contributed by atoms with Crippen LogP contribution in [0.25, 0.3) is 0 Å². The maximum Gasteiger partial charge on any atom is 0.0814 e. The van der Waals surface area contributed by atoms with E-state index in [0.29, 0.717) is 0 Å². The van der Waals surface area contributed by atoms with Crippen molar-refractivity contribution in [1.82, 2.24) is 5.32 Å². The van der Waals surface area contributed by atoms with E-state index in [9.17, 15) is 0 Å². The van der Waals surface area contributed by atoms with E-state index in [1.54, 1.807) is 0 Å². The molecule has 0 aromatic heterocycles. The monoisotopic (exact) mass is 214 g/mol. The summed E-state index contributed by atoms with van der Waals surface area (Å²) in [4.78, 5) is 0. The van der Waals surface area contributed by atoms with Gasteiger partial charge in [-0.2, -0.15) is 0 Å². The highest BCUT2D eigenvalue weighted by atomic mass is 32.2. The Bertz CT molecular complexity index is 72.6. The van der Waals surface area contributed by atoms with Gasteiger partial charge < -0.3 is 14.4 Å². The number of rotatable bonds is 2. The van der Waals surface area contributed by atoms with Gasteiger partial charge in [0.15, 0.2) is 0 Å². The van der Waals surface area contributed by atoms with Crippen molar-refractivity contribution in [3.8, 4) is 0 Å². The highest BCUT2D eigenvalue weighted by Gasteiger charge is 1.62. The molecule has 0 bridgehead atoms. The van der Waals surface area contributed by atoms with Gasteiger partial charge in [-0.25, -0.2) is 4.21 Å². The lowest BCUT2D eigenvalue weighted by atomic mass is 10.7. The lowest BCUT2D eigenvalue weighted by Crippen LogP contribution is -2.09. The summed E-state index contributed by atoms with van der Waals surface area (Å²) < 4.78 is 24.1. The maximum atomic E-state index is 8.56. The number of hydrogen-bond donors (Lipinski definition) is 2. The van der Waals surface area contributed by atoms with E-state index < -0.39 is 11.4 Å². The summed E-state index contributed by atoms with van der Waals surface area (Å²) >= 11 is -2.86. The number of nitrogens with one attached hydrogen (secondary N) is 1. The fourth-order valence-corrected chi connectivity index (χ4v) is 0.250. The van der Waals surface area contributed by atoms with E-state index in [-0.39, 0.29) is 14.1 Å². The molecule has 0 heterocycles. The first-order valence-corrected chi connectivity index (χ1v) is 3.67. The molecule has 12 heavy (non-hydrogen) atoms. The first-order valence-electron chi connectivity index (χ1n) is 2.64. The van der Waals surface area contributed by atoms with Crippen molar-refractivity contribution in [2.24, 2.45) is 0 Å². The molecule has 0 aliphatic rings. The molecule has 0 saturated heterocycles. The third-order valence-electron chi connectivity index (χ3n) is 0.500.